The third-order valence-electron chi connectivity index (χ3n) is 2.88. The third kappa shape index (κ3) is 2.46. The summed E-state index contributed by atoms with van der Waals surface area (Å²) in [6.07, 6.45) is 2.29. The highest BCUT2D eigenvalue weighted by atomic mass is 16.3. The molecule has 1 aromatic rings. The van der Waals surface area contributed by atoms with Gasteiger partial charge in [-0.2, -0.15) is 0 Å². The van der Waals surface area contributed by atoms with E-state index in [1.54, 1.807) is 6.08 Å². The number of benzene rings is 1. The molecule has 0 aliphatic rings. The minimum Gasteiger partial charge on any atom is -0.383 e. The van der Waals surface area contributed by atoms with Gasteiger partial charge in [-0.25, -0.2) is 0 Å². The van der Waals surface area contributed by atoms with Crippen molar-refractivity contribution in [3.63, 3.8) is 0 Å². The van der Waals surface area contributed by atoms with Gasteiger partial charge in [-0.15, -0.1) is 6.58 Å². The predicted octanol–water partition coefficient (Wildman–Crippen LogP) is 2.06. The number of aliphatic hydroxyl groups is 1. The first kappa shape index (κ1) is 12.0. The first-order chi connectivity index (χ1) is 7.15. The van der Waals surface area contributed by atoms with Crippen LogP contribution in [0.3, 0.4) is 0 Å². The number of nitrogens with one attached hydrogen (secondary N) is 1. The molecule has 0 saturated carbocycles. The molecule has 2 atom stereocenters. The Balaban J connectivity index is 3.06. The largest absolute Gasteiger partial charge is 0.383 e. The van der Waals surface area contributed by atoms with E-state index in [0.29, 0.717) is 6.42 Å². The first-order valence-corrected chi connectivity index (χ1v) is 5.21. The second-order valence-corrected chi connectivity index (χ2v) is 3.79. The van der Waals surface area contributed by atoms with E-state index in [9.17, 15) is 5.11 Å². The van der Waals surface area contributed by atoms with Crippen LogP contribution in [0.4, 0.5) is 0 Å². The van der Waals surface area contributed by atoms with Crippen LogP contribution in [-0.4, -0.2) is 18.2 Å². The van der Waals surface area contributed by atoms with Crippen LogP contribution >= 0.6 is 0 Å². The quantitative estimate of drug-likeness (QED) is 0.721. The summed E-state index contributed by atoms with van der Waals surface area (Å²) in [6, 6.07) is 9.69. The van der Waals surface area contributed by atoms with Gasteiger partial charge in [-0.1, -0.05) is 36.4 Å². The van der Waals surface area contributed by atoms with Crippen molar-refractivity contribution >= 4 is 0 Å². The van der Waals surface area contributed by atoms with Gasteiger partial charge in [-0.05, 0) is 26.0 Å². The van der Waals surface area contributed by atoms with E-state index >= 15 is 0 Å². The van der Waals surface area contributed by atoms with Gasteiger partial charge in [0.2, 0.25) is 0 Å². The zero-order valence-electron chi connectivity index (χ0n) is 9.40. The Labute approximate surface area is 91.6 Å². The summed E-state index contributed by atoms with van der Waals surface area (Å²) < 4.78 is 0. The molecule has 0 amide bonds. The minimum absolute atomic E-state index is 0.0158. The van der Waals surface area contributed by atoms with E-state index in [4.69, 9.17) is 0 Å². The molecule has 82 valence electrons. The Morgan fingerprint density at radius 3 is 2.53 bits per heavy atom. The van der Waals surface area contributed by atoms with Gasteiger partial charge in [0.25, 0.3) is 0 Å². The zero-order chi connectivity index (χ0) is 11.3. The van der Waals surface area contributed by atoms with E-state index in [-0.39, 0.29) is 6.04 Å². The van der Waals surface area contributed by atoms with Gasteiger partial charge in [0, 0.05) is 6.04 Å². The molecule has 0 saturated heterocycles. The smallest absolute Gasteiger partial charge is 0.108 e. The van der Waals surface area contributed by atoms with E-state index < -0.39 is 5.60 Å². The average Bonchev–Trinajstić information content (AvgIpc) is 2.29. The molecule has 2 heteroatoms. The van der Waals surface area contributed by atoms with Gasteiger partial charge in [0.15, 0.2) is 0 Å². The number of rotatable bonds is 5. The lowest BCUT2D eigenvalue weighted by Gasteiger charge is -2.33. The van der Waals surface area contributed by atoms with E-state index in [0.717, 1.165) is 5.56 Å². The third-order valence-corrected chi connectivity index (χ3v) is 2.88. The second kappa shape index (κ2) is 5.10. The summed E-state index contributed by atoms with van der Waals surface area (Å²) in [5.74, 6) is 0. The summed E-state index contributed by atoms with van der Waals surface area (Å²) in [5, 5.41) is 13.7. The SMILES string of the molecule is C=CCC(O)(c1ccccc1)C(C)NC. The molecule has 0 aliphatic heterocycles. The molecule has 15 heavy (non-hydrogen) atoms. The van der Waals surface area contributed by atoms with Gasteiger partial charge in [-0.3, -0.25) is 0 Å². The molecular weight excluding hydrogens is 186 g/mol. The van der Waals surface area contributed by atoms with Crippen molar-refractivity contribution in [2.24, 2.45) is 0 Å². The van der Waals surface area contributed by atoms with Gasteiger partial charge >= 0.3 is 0 Å². The summed E-state index contributed by atoms with van der Waals surface area (Å²) in [7, 11) is 1.85. The summed E-state index contributed by atoms with van der Waals surface area (Å²) >= 11 is 0. The normalized spacial score (nSPS) is 16.7. The van der Waals surface area contributed by atoms with Crippen LogP contribution in [0.1, 0.15) is 18.9 Å². The molecule has 0 aliphatic carbocycles. The molecule has 0 spiro atoms. The van der Waals surface area contributed by atoms with Crippen LogP contribution in [0, 0.1) is 0 Å². The molecule has 0 aromatic heterocycles. The molecule has 1 rings (SSSR count). The fraction of sp³-hybridized carbons (Fsp3) is 0.385. The van der Waals surface area contributed by atoms with Gasteiger partial charge in [0.1, 0.15) is 5.60 Å². The van der Waals surface area contributed by atoms with Crippen LogP contribution in [0.25, 0.3) is 0 Å². The van der Waals surface area contributed by atoms with Crippen molar-refractivity contribution in [1.82, 2.24) is 5.32 Å². The highest BCUT2D eigenvalue weighted by molar-refractivity contribution is 5.25. The van der Waals surface area contributed by atoms with Crippen LogP contribution in [0.2, 0.25) is 0 Å². The fourth-order valence-corrected chi connectivity index (χ4v) is 1.73. The molecular formula is C13H19NO. The number of likely N-dealkylation sites (N-methyl/N-ethyl adjacent to an activating group) is 1. The molecule has 2 N–H and O–H groups in total. The van der Waals surface area contributed by atoms with Crippen LogP contribution in [0.15, 0.2) is 43.0 Å². The molecule has 0 bridgehead atoms. The standard InChI is InChI=1S/C13H19NO/c1-4-10-13(15,11(2)14-3)12-8-6-5-7-9-12/h4-9,11,14-15H,1,10H2,2-3H3. The lowest BCUT2D eigenvalue weighted by molar-refractivity contribution is 0.00780. The summed E-state index contributed by atoms with van der Waals surface area (Å²) in [5.41, 5.74) is 0.0457. The Morgan fingerprint density at radius 2 is 2.07 bits per heavy atom. The highest BCUT2D eigenvalue weighted by Crippen LogP contribution is 2.28. The zero-order valence-corrected chi connectivity index (χ0v) is 9.40. The van der Waals surface area contributed by atoms with Crippen LogP contribution < -0.4 is 5.32 Å². The summed E-state index contributed by atoms with van der Waals surface area (Å²) in [6.45, 7) is 5.67. The number of hydrogen-bond donors (Lipinski definition) is 2. The maximum atomic E-state index is 10.6. The van der Waals surface area contributed by atoms with Crippen molar-refractivity contribution in [2.75, 3.05) is 7.05 Å². The van der Waals surface area contributed by atoms with Crippen molar-refractivity contribution in [1.29, 1.82) is 0 Å². The molecule has 1 aromatic carbocycles. The Kier molecular flexibility index (Phi) is 4.06. The molecule has 0 fully saturated rings. The predicted molar refractivity (Wildman–Crippen MR) is 63.7 cm³/mol. The monoisotopic (exact) mass is 205 g/mol. The van der Waals surface area contributed by atoms with E-state index in [1.165, 1.54) is 0 Å². The topological polar surface area (TPSA) is 32.3 Å². The maximum absolute atomic E-state index is 10.6. The van der Waals surface area contributed by atoms with E-state index in [2.05, 4.69) is 11.9 Å². The minimum atomic E-state index is -0.877. The second-order valence-electron chi connectivity index (χ2n) is 3.79. The van der Waals surface area contributed by atoms with Crippen LogP contribution in [0.5, 0.6) is 0 Å². The maximum Gasteiger partial charge on any atom is 0.108 e. The van der Waals surface area contributed by atoms with Gasteiger partial charge < -0.3 is 10.4 Å². The first-order valence-electron chi connectivity index (χ1n) is 5.21. The van der Waals surface area contributed by atoms with Crippen molar-refractivity contribution < 1.29 is 5.11 Å². The van der Waals surface area contributed by atoms with E-state index in [1.807, 2.05) is 44.3 Å². The van der Waals surface area contributed by atoms with Crippen LogP contribution in [-0.2, 0) is 5.60 Å². The summed E-state index contributed by atoms with van der Waals surface area (Å²) in [4.78, 5) is 0. The lowest BCUT2D eigenvalue weighted by Crippen LogP contribution is -2.44. The molecule has 0 heterocycles. The number of hydrogen-bond acceptors (Lipinski definition) is 2. The molecule has 0 radical (unpaired) electrons. The highest BCUT2D eigenvalue weighted by Gasteiger charge is 2.33. The van der Waals surface area contributed by atoms with Crippen molar-refractivity contribution in [2.45, 2.75) is 25.0 Å². The Morgan fingerprint density at radius 1 is 1.47 bits per heavy atom. The van der Waals surface area contributed by atoms with Crippen molar-refractivity contribution in [3.05, 3.63) is 48.6 Å². The fourth-order valence-electron chi connectivity index (χ4n) is 1.73. The Bertz CT molecular complexity index is 310. The Hall–Kier alpha value is -1.12. The van der Waals surface area contributed by atoms with Crippen molar-refractivity contribution in [3.8, 4) is 0 Å². The van der Waals surface area contributed by atoms with Gasteiger partial charge in [0.05, 0.1) is 0 Å². The lowest BCUT2D eigenvalue weighted by atomic mass is 9.84. The molecule has 2 nitrogen and oxygen atoms in total. The average molecular weight is 205 g/mol. The molecule has 2 unspecified atom stereocenters.